The Kier molecular flexibility index (Phi) is 3.05. The first-order chi connectivity index (χ1) is 7.33. The minimum atomic E-state index is 1.22. The summed E-state index contributed by atoms with van der Waals surface area (Å²) < 4.78 is 0. The molecule has 0 unspecified atom stereocenters. The molecule has 0 atom stereocenters. The third-order valence-corrected chi connectivity index (χ3v) is 3.11. The van der Waals surface area contributed by atoms with E-state index in [9.17, 15) is 0 Å². The lowest BCUT2D eigenvalue weighted by Crippen LogP contribution is -1.90. The average Bonchev–Trinajstić information content (AvgIpc) is 2.29. The van der Waals surface area contributed by atoms with Gasteiger partial charge in [0.25, 0.3) is 0 Å². The molecule has 0 amide bonds. The number of hydrogen-bond donors (Lipinski definition) is 0. The molecular weight excluding hydrogens is 180 g/mol. The van der Waals surface area contributed by atoms with Gasteiger partial charge in [0.2, 0.25) is 0 Å². The van der Waals surface area contributed by atoms with E-state index in [2.05, 4.69) is 50.2 Å². The first kappa shape index (κ1) is 10.2. The van der Waals surface area contributed by atoms with Crippen molar-refractivity contribution in [3.63, 3.8) is 0 Å². The van der Waals surface area contributed by atoms with Crippen LogP contribution in [0.4, 0.5) is 0 Å². The van der Waals surface area contributed by atoms with Crippen LogP contribution >= 0.6 is 0 Å². The Morgan fingerprint density at radius 3 is 2.60 bits per heavy atom. The summed E-state index contributed by atoms with van der Waals surface area (Å²) in [5.41, 5.74) is 2.97. The minimum Gasteiger partial charge on any atom is -0.0654 e. The van der Waals surface area contributed by atoms with Crippen molar-refractivity contribution in [1.29, 1.82) is 0 Å². The summed E-state index contributed by atoms with van der Waals surface area (Å²) in [7, 11) is 0. The van der Waals surface area contributed by atoms with Crippen LogP contribution in [0.5, 0.6) is 0 Å². The van der Waals surface area contributed by atoms with Gasteiger partial charge in [0, 0.05) is 0 Å². The highest BCUT2D eigenvalue weighted by molar-refractivity contribution is 5.86. The quantitative estimate of drug-likeness (QED) is 0.681. The molecule has 0 nitrogen and oxygen atoms in total. The number of benzene rings is 2. The van der Waals surface area contributed by atoms with E-state index in [-0.39, 0.29) is 0 Å². The van der Waals surface area contributed by atoms with Gasteiger partial charge in [-0.1, -0.05) is 49.7 Å². The van der Waals surface area contributed by atoms with Crippen LogP contribution in [0.3, 0.4) is 0 Å². The van der Waals surface area contributed by atoms with Crippen LogP contribution < -0.4 is 0 Å². The molecule has 0 N–H and O–H groups in total. The third-order valence-electron chi connectivity index (χ3n) is 3.11. The Morgan fingerprint density at radius 1 is 1.00 bits per heavy atom. The number of fused-ring (bicyclic) bond motifs is 1. The lowest BCUT2D eigenvalue weighted by atomic mass is 9.97. The van der Waals surface area contributed by atoms with Crippen LogP contribution in [-0.2, 0) is 6.42 Å². The molecule has 15 heavy (non-hydrogen) atoms. The molecule has 2 aromatic carbocycles. The second kappa shape index (κ2) is 4.48. The topological polar surface area (TPSA) is 0 Å². The van der Waals surface area contributed by atoms with Crippen molar-refractivity contribution in [2.24, 2.45) is 0 Å². The highest BCUT2D eigenvalue weighted by atomic mass is 14.1. The van der Waals surface area contributed by atoms with Crippen LogP contribution in [0.2, 0.25) is 0 Å². The van der Waals surface area contributed by atoms with Gasteiger partial charge in [-0.25, -0.2) is 0 Å². The van der Waals surface area contributed by atoms with Gasteiger partial charge in [-0.05, 0) is 41.7 Å². The molecule has 78 valence electrons. The van der Waals surface area contributed by atoms with Gasteiger partial charge in [-0.2, -0.15) is 0 Å². The van der Waals surface area contributed by atoms with Crippen molar-refractivity contribution in [3.05, 3.63) is 47.5 Å². The van der Waals surface area contributed by atoms with Crippen LogP contribution in [-0.4, -0.2) is 0 Å². The zero-order chi connectivity index (χ0) is 10.7. The Balaban J connectivity index is 2.45. The van der Waals surface area contributed by atoms with Crippen LogP contribution in [0.25, 0.3) is 10.8 Å². The van der Waals surface area contributed by atoms with Gasteiger partial charge in [0.05, 0.1) is 0 Å². The van der Waals surface area contributed by atoms with Crippen molar-refractivity contribution in [1.82, 2.24) is 0 Å². The van der Waals surface area contributed by atoms with Crippen molar-refractivity contribution in [3.8, 4) is 0 Å². The number of aryl methyl sites for hydroxylation is 2. The fourth-order valence-electron chi connectivity index (χ4n) is 2.11. The van der Waals surface area contributed by atoms with E-state index in [0.29, 0.717) is 0 Å². The fraction of sp³-hybridized carbons (Fsp3) is 0.333. The number of rotatable bonds is 3. The van der Waals surface area contributed by atoms with E-state index >= 15 is 0 Å². The van der Waals surface area contributed by atoms with Crippen LogP contribution in [0.1, 0.15) is 30.9 Å². The molecule has 0 aliphatic rings. The minimum absolute atomic E-state index is 1.22. The molecule has 0 radical (unpaired) electrons. The molecule has 0 heterocycles. The van der Waals surface area contributed by atoms with Crippen molar-refractivity contribution in [2.45, 2.75) is 33.1 Å². The molecule has 2 rings (SSSR count). The zero-order valence-electron chi connectivity index (χ0n) is 9.59. The van der Waals surface area contributed by atoms with E-state index in [1.165, 1.54) is 41.2 Å². The summed E-state index contributed by atoms with van der Waals surface area (Å²) in [5, 5.41) is 2.77. The predicted molar refractivity (Wildman–Crippen MR) is 67.3 cm³/mol. The Hall–Kier alpha value is -1.30. The third kappa shape index (κ3) is 2.04. The van der Waals surface area contributed by atoms with Gasteiger partial charge < -0.3 is 0 Å². The van der Waals surface area contributed by atoms with Crippen molar-refractivity contribution < 1.29 is 0 Å². The van der Waals surface area contributed by atoms with Gasteiger partial charge in [0.15, 0.2) is 0 Å². The number of unbranched alkanes of at least 4 members (excludes halogenated alkanes) is 1. The maximum absolute atomic E-state index is 2.29. The summed E-state index contributed by atoms with van der Waals surface area (Å²) in [6.45, 7) is 4.49. The maximum atomic E-state index is 2.29. The fourth-order valence-corrected chi connectivity index (χ4v) is 2.11. The van der Waals surface area contributed by atoms with Gasteiger partial charge in [-0.3, -0.25) is 0 Å². The van der Waals surface area contributed by atoms with E-state index < -0.39 is 0 Å². The van der Waals surface area contributed by atoms with E-state index in [1.807, 2.05) is 0 Å². The lowest BCUT2D eigenvalue weighted by molar-refractivity contribution is 0.792. The molecular formula is C15H18. The number of hydrogen-bond acceptors (Lipinski definition) is 0. The van der Waals surface area contributed by atoms with Crippen molar-refractivity contribution in [2.75, 3.05) is 0 Å². The summed E-state index contributed by atoms with van der Waals surface area (Å²) in [6.07, 6.45) is 3.78. The van der Waals surface area contributed by atoms with E-state index in [4.69, 9.17) is 0 Å². The highest BCUT2D eigenvalue weighted by Crippen LogP contribution is 2.22. The molecule has 0 saturated carbocycles. The Morgan fingerprint density at radius 2 is 1.80 bits per heavy atom. The molecule has 0 heteroatoms. The monoisotopic (exact) mass is 198 g/mol. The van der Waals surface area contributed by atoms with Crippen LogP contribution in [0, 0.1) is 6.92 Å². The highest BCUT2D eigenvalue weighted by Gasteiger charge is 2.01. The predicted octanol–water partition coefficient (Wildman–Crippen LogP) is 4.49. The SMILES string of the molecule is CCCCc1ccc2ccccc2c1C. The summed E-state index contributed by atoms with van der Waals surface area (Å²) in [4.78, 5) is 0. The average molecular weight is 198 g/mol. The molecule has 2 aromatic rings. The normalized spacial score (nSPS) is 10.8. The molecule has 0 spiro atoms. The largest absolute Gasteiger partial charge is 0.0654 e. The molecule has 0 aliphatic carbocycles. The Bertz CT molecular complexity index is 455. The second-order valence-electron chi connectivity index (χ2n) is 4.17. The van der Waals surface area contributed by atoms with Gasteiger partial charge in [-0.15, -0.1) is 0 Å². The van der Waals surface area contributed by atoms with Gasteiger partial charge in [0.1, 0.15) is 0 Å². The molecule has 0 fully saturated rings. The van der Waals surface area contributed by atoms with E-state index in [1.54, 1.807) is 0 Å². The molecule has 0 bridgehead atoms. The zero-order valence-corrected chi connectivity index (χ0v) is 9.59. The maximum Gasteiger partial charge on any atom is -0.0152 e. The van der Waals surface area contributed by atoms with Crippen molar-refractivity contribution >= 4 is 10.8 Å². The Labute approximate surface area is 91.9 Å². The molecule has 0 aromatic heterocycles. The summed E-state index contributed by atoms with van der Waals surface area (Å²) in [6, 6.07) is 13.2. The standard InChI is InChI=1S/C15H18/c1-3-4-7-13-10-11-14-8-5-6-9-15(14)12(13)2/h5-6,8-11H,3-4,7H2,1-2H3. The first-order valence-corrected chi connectivity index (χ1v) is 5.80. The summed E-state index contributed by atoms with van der Waals surface area (Å²) >= 11 is 0. The molecule has 0 saturated heterocycles. The summed E-state index contributed by atoms with van der Waals surface area (Å²) in [5.74, 6) is 0. The smallest absolute Gasteiger partial charge is 0.0152 e. The van der Waals surface area contributed by atoms with Crippen LogP contribution in [0.15, 0.2) is 36.4 Å². The lowest BCUT2D eigenvalue weighted by Gasteiger charge is -2.08. The van der Waals surface area contributed by atoms with Gasteiger partial charge >= 0.3 is 0 Å². The second-order valence-corrected chi connectivity index (χ2v) is 4.17. The first-order valence-electron chi connectivity index (χ1n) is 5.80. The molecule has 0 aliphatic heterocycles. The van der Waals surface area contributed by atoms with E-state index in [0.717, 1.165) is 0 Å².